The summed E-state index contributed by atoms with van der Waals surface area (Å²) in [6.45, 7) is 0. The summed E-state index contributed by atoms with van der Waals surface area (Å²) < 4.78 is 26.6. The molecule has 0 aliphatic heterocycles. The van der Waals surface area contributed by atoms with Crippen molar-refractivity contribution >= 4 is 33.0 Å². The first-order valence-corrected chi connectivity index (χ1v) is 9.28. The molecule has 2 rings (SSSR count). The minimum atomic E-state index is -3.27. The number of sulfonamides is 1. The van der Waals surface area contributed by atoms with E-state index in [0.29, 0.717) is 5.92 Å². The molecule has 1 atom stereocenters. The lowest BCUT2D eigenvalue weighted by molar-refractivity contribution is 0.416. The fourth-order valence-electron chi connectivity index (χ4n) is 2.50. The van der Waals surface area contributed by atoms with Gasteiger partial charge in [0.05, 0.1) is 11.8 Å². The Labute approximate surface area is 118 Å². The van der Waals surface area contributed by atoms with Crippen LogP contribution < -0.4 is 4.72 Å². The van der Waals surface area contributed by atoms with Crippen molar-refractivity contribution in [3.63, 3.8) is 0 Å². The van der Waals surface area contributed by atoms with Gasteiger partial charge in [-0.3, -0.25) is 0 Å². The summed E-state index contributed by atoms with van der Waals surface area (Å²) in [5.74, 6) is 0.550. The van der Waals surface area contributed by atoms with Gasteiger partial charge in [-0.15, -0.1) is 22.9 Å². The average molecular weight is 308 g/mol. The number of thiophene rings is 1. The van der Waals surface area contributed by atoms with Crippen molar-refractivity contribution in [2.45, 2.75) is 31.7 Å². The molecule has 1 heterocycles. The second kappa shape index (κ2) is 6.37. The van der Waals surface area contributed by atoms with E-state index in [4.69, 9.17) is 11.6 Å². The van der Waals surface area contributed by atoms with E-state index in [9.17, 15) is 8.42 Å². The second-order valence-corrected chi connectivity index (χ2v) is 7.89. The van der Waals surface area contributed by atoms with Crippen molar-refractivity contribution in [2.75, 3.05) is 11.6 Å². The van der Waals surface area contributed by atoms with Crippen LogP contribution >= 0.6 is 22.9 Å². The van der Waals surface area contributed by atoms with E-state index >= 15 is 0 Å². The fourth-order valence-corrected chi connectivity index (χ4v) is 5.08. The Morgan fingerprint density at radius 1 is 1.44 bits per heavy atom. The zero-order valence-electron chi connectivity index (χ0n) is 10.1. The fraction of sp³-hybridized carbons (Fsp3) is 0.667. The van der Waals surface area contributed by atoms with Crippen LogP contribution in [0.25, 0.3) is 0 Å². The van der Waals surface area contributed by atoms with Crippen LogP contribution in [-0.4, -0.2) is 20.1 Å². The first kappa shape index (κ1) is 14.3. The number of hydrogen-bond acceptors (Lipinski definition) is 3. The van der Waals surface area contributed by atoms with Gasteiger partial charge in [0.1, 0.15) is 0 Å². The van der Waals surface area contributed by atoms with Gasteiger partial charge >= 0.3 is 0 Å². The molecule has 0 aromatic carbocycles. The van der Waals surface area contributed by atoms with E-state index in [1.807, 2.05) is 17.5 Å². The van der Waals surface area contributed by atoms with Crippen LogP contribution in [0.4, 0.5) is 0 Å². The Bertz CT molecular complexity index is 452. The molecule has 0 bridgehead atoms. The van der Waals surface area contributed by atoms with Crippen LogP contribution in [0.15, 0.2) is 17.5 Å². The van der Waals surface area contributed by atoms with Crippen molar-refractivity contribution in [1.29, 1.82) is 0 Å². The Morgan fingerprint density at radius 2 is 2.17 bits per heavy atom. The summed E-state index contributed by atoms with van der Waals surface area (Å²) in [6.07, 6.45) is 4.60. The van der Waals surface area contributed by atoms with E-state index in [2.05, 4.69) is 4.72 Å². The van der Waals surface area contributed by atoms with Gasteiger partial charge in [-0.1, -0.05) is 18.9 Å². The molecular weight excluding hydrogens is 290 g/mol. The van der Waals surface area contributed by atoms with Gasteiger partial charge in [-0.05, 0) is 30.2 Å². The molecule has 0 radical (unpaired) electrons. The molecule has 1 aromatic rings. The third-order valence-electron chi connectivity index (χ3n) is 3.37. The molecule has 1 aliphatic rings. The molecule has 1 aliphatic carbocycles. The number of halogens is 1. The Hall–Kier alpha value is -0.100. The standard InChI is InChI=1S/C12H18ClNO2S2/c13-7-9-18(15,16)14-12(10-4-1-2-5-10)11-6-3-8-17-11/h3,6,8,10,12,14H,1-2,4-5,7,9H2. The number of rotatable bonds is 6. The van der Waals surface area contributed by atoms with Crippen LogP contribution in [0.5, 0.6) is 0 Å². The molecule has 1 unspecified atom stereocenters. The van der Waals surface area contributed by atoms with Crippen LogP contribution in [0.1, 0.15) is 36.6 Å². The van der Waals surface area contributed by atoms with Gasteiger partial charge in [-0.25, -0.2) is 13.1 Å². The second-order valence-electron chi connectivity index (χ2n) is 4.66. The molecule has 0 saturated heterocycles. The van der Waals surface area contributed by atoms with E-state index < -0.39 is 10.0 Å². The zero-order chi connectivity index (χ0) is 13.0. The lowest BCUT2D eigenvalue weighted by Crippen LogP contribution is -2.34. The van der Waals surface area contributed by atoms with Crippen LogP contribution in [0.2, 0.25) is 0 Å². The lowest BCUT2D eigenvalue weighted by atomic mass is 9.98. The first-order chi connectivity index (χ1) is 8.62. The maximum absolute atomic E-state index is 11.9. The highest BCUT2D eigenvalue weighted by atomic mass is 35.5. The predicted octanol–water partition coefficient (Wildman–Crippen LogP) is 3.14. The molecule has 6 heteroatoms. The predicted molar refractivity (Wildman–Crippen MR) is 76.7 cm³/mol. The third kappa shape index (κ3) is 3.70. The molecule has 0 spiro atoms. The maximum atomic E-state index is 11.9. The van der Waals surface area contributed by atoms with Crippen LogP contribution in [0.3, 0.4) is 0 Å². The topological polar surface area (TPSA) is 46.2 Å². The van der Waals surface area contributed by atoms with Crippen molar-refractivity contribution < 1.29 is 8.42 Å². The quantitative estimate of drug-likeness (QED) is 0.821. The number of alkyl halides is 1. The van der Waals surface area contributed by atoms with Gasteiger partial charge in [0.25, 0.3) is 0 Å². The summed E-state index contributed by atoms with van der Waals surface area (Å²) in [6, 6.07) is 3.91. The molecule has 0 amide bonds. The molecule has 102 valence electrons. The SMILES string of the molecule is O=S(=O)(CCCl)NC(c1cccs1)C1CCCC1. The Morgan fingerprint density at radius 3 is 2.72 bits per heavy atom. The molecule has 3 nitrogen and oxygen atoms in total. The number of hydrogen-bond donors (Lipinski definition) is 1. The van der Waals surface area contributed by atoms with Gasteiger partial charge < -0.3 is 0 Å². The molecule has 1 saturated carbocycles. The average Bonchev–Trinajstić information content (AvgIpc) is 2.99. The summed E-state index contributed by atoms with van der Waals surface area (Å²) in [7, 11) is -3.27. The third-order valence-corrected chi connectivity index (χ3v) is 6.10. The van der Waals surface area contributed by atoms with Gasteiger partial charge in [-0.2, -0.15) is 0 Å². The molecular formula is C12H18ClNO2S2. The van der Waals surface area contributed by atoms with Crippen molar-refractivity contribution in [3.8, 4) is 0 Å². The highest BCUT2D eigenvalue weighted by molar-refractivity contribution is 7.89. The van der Waals surface area contributed by atoms with E-state index in [0.717, 1.165) is 17.7 Å². The summed E-state index contributed by atoms with van der Waals surface area (Å²) in [5, 5.41) is 1.99. The van der Waals surface area contributed by atoms with Crippen molar-refractivity contribution in [2.24, 2.45) is 5.92 Å². The smallest absolute Gasteiger partial charge is 0.212 e. The monoisotopic (exact) mass is 307 g/mol. The molecule has 1 aromatic heterocycles. The zero-order valence-corrected chi connectivity index (χ0v) is 12.5. The highest BCUT2D eigenvalue weighted by Gasteiger charge is 2.30. The van der Waals surface area contributed by atoms with E-state index in [1.54, 1.807) is 11.3 Å². The summed E-state index contributed by atoms with van der Waals surface area (Å²) >= 11 is 7.15. The van der Waals surface area contributed by atoms with Gasteiger partial charge in [0.2, 0.25) is 10.0 Å². The van der Waals surface area contributed by atoms with Crippen LogP contribution in [0, 0.1) is 5.92 Å². The maximum Gasteiger partial charge on any atom is 0.213 e. The highest BCUT2D eigenvalue weighted by Crippen LogP contribution is 2.37. The van der Waals surface area contributed by atoms with E-state index in [1.165, 1.54) is 12.8 Å². The minimum Gasteiger partial charge on any atom is -0.212 e. The Balaban J connectivity index is 2.15. The summed E-state index contributed by atoms with van der Waals surface area (Å²) in [4.78, 5) is 1.11. The molecule has 1 N–H and O–H groups in total. The first-order valence-electron chi connectivity index (χ1n) is 6.22. The van der Waals surface area contributed by atoms with Gasteiger partial charge in [0, 0.05) is 10.8 Å². The molecule has 1 fully saturated rings. The van der Waals surface area contributed by atoms with Gasteiger partial charge in [0.15, 0.2) is 0 Å². The Kier molecular flexibility index (Phi) is 5.06. The largest absolute Gasteiger partial charge is 0.213 e. The summed E-state index contributed by atoms with van der Waals surface area (Å²) in [5.41, 5.74) is 0. The minimum absolute atomic E-state index is 0.0108. The van der Waals surface area contributed by atoms with Crippen molar-refractivity contribution in [3.05, 3.63) is 22.4 Å². The number of nitrogens with one attached hydrogen (secondary N) is 1. The van der Waals surface area contributed by atoms with Crippen LogP contribution in [-0.2, 0) is 10.0 Å². The van der Waals surface area contributed by atoms with E-state index in [-0.39, 0.29) is 17.7 Å². The van der Waals surface area contributed by atoms with Crippen molar-refractivity contribution in [1.82, 2.24) is 4.72 Å². The normalized spacial score (nSPS) is 19.2. The molecule has 18 heavy (non-hydrogen) atoms. The lowest BCUT2D eigenvalue weighted by Gasteiger charge is -2.23.